The number of ether oxygens (including phenoxy) is 1. The number of amidine groups is 1. The average Bonchev–Trinajstić information content (AvgIpc) is 3.35. The molecule has 2 aromatic carbocycles. The van der Waals surface area contributed by atoms with E-state index in [4.69, 9.17) is 9.15 Å². The van der Waals surface area contributed by atoms with Gasteiger partial charge in [-0.25, -0.2) is 9.79 Å². The Morgan fingerprint density at radius 1 is 1.09 bits per heavy atom. The van der Waals surface area contributed by atoms with Crippen LogP contribution in [0.1, 0.15) is 30.0 Å². The van der Waals surface area contributed by atoms with Gasteiger partial charge < -0.3 is 9.15 Å². The van der Waals surface area contributed by atoms with Gasteiger partial charge in [0.2, 0.25) is 0 Å². The third-order valence-electron chi connectivity index (χ3n) is 4.61. The van der Waals surface area contributed by atoms with Crippen molar-refractivity contribution < 1.29 is 18.7 Å². The molecule has 0 N–H and O–H groups in total. The van der Waals surface area contributed by atoms with Crippen LogP contribution in [0.15, 0.2) is 81.0 Å². The van der Waals surface area contributed by atoms with E-state index in [9.17, 15) is 9.59 Å². The van der Waals surface area contributed by atoms with Crippen molar-refractivity contribution in [2.24, 2.45) is 4.99 Å². The second kappa shape index (κ2) is 9.28. The smallest absolute Gasteiger partial charge is 0.338 e. The largest absolute Gasteiger partial charge is 0.459 e. The minimum atomic E-state index is -0.378. The van der Waals surface area contributed by atoms with E-state index in [0.29, 0.717) is 27.2 Å². The number of amides is 1. The number of para-hydroxylation sites is 1. The first-order valence-electron chi connectivity index (χ1n) is 10.1. The van der Waals surface area contributed by atoms with Crippen molar-refractivity contribution in [2.75, 3.05) is 7.05 Å². The highest BCUT2D eigenvalue weighted by molar-refractivity contribution is 8.18. The Hall–Kier alpha value is -3.58. The van der Waals surface area contributed by atoms with Crippen LogP contribution in [-0.2, 0) is 9.53 Å². The SMILES string of the molecule is CC(C)OC(=O)c1cccc(-c2ccc(/C=C3/SC(=Nc4ccccc4)N(C)C3=O)o2)c1. The lowest BCUT2D eigenvalue weighted by molar-refractivity contribution is -0.121. The summed E-state index contributed by atoms with van der Waals surface area (Å²) in [5.41, 5.74) is 1.99. The van der Waals surface area contributed by atoms with Crippen LogP contribution in [0, 0.1) is 0 Å². The van der Waals surface area contributed by atoms with E-state index in [-0.39, 0.29) is 18.0 Å². The number of aliphatic imine (C=N–C) groups is 1. The van der Waals surface area contributed by atoms with Crippen LogP contribution in [0.25, 0.3) is 17.4 Å². The fourth-order valence-corrected chi connectivity index (χ4v) is 4.03. The van der Waals surface area contributed by atoms with Gasteiger partial charge in [-0.3, -0.25) is 9.69 Å². The van der Waals surface area contributed by atoms with Crippen molar-refractivity contribution in [1.29, 1.82) is 0 Å². The minimum Gasteiger partial charge on any atom is -0.459 e. The maximum absolute atomic E-state index is 12.7. The van der Waals surface area contributed by atoms with E-state index in [1.807, 2.05) is 56.3 Å². The highest BCUT2D eigenvalue weighted by Gasteiger charge is 2.30. The van der Waals surface area contributed by atoms with Crippen LogP contribution in [0.2, 0.25) is 0 Å². The zero-order valence-corrected chi connectivity index (χ0v) is 18.8. The molecule has 0 bridgehead atoms. The summed E-state index contributed by atoms with van der Waals surface area (Å²) in [7, 11) is 1.70. The molecule has 6 nitrogen and oxygen atoms in total. The van der Waals surface area contributed by atoms with Crippen LogP contribution in [0.3, 0.4) is 0 Å². The van der Waals surface area contributed by atoms with Gasteiger partial charge in [-0.1, -0.05) is 30.3 Å². The third kappa shape index (κ3) is 4.84. The lowest BCUT2D eigenvalue weighted by Crippen LogP contribution is -2.23. The summed E-state index contributed by atoms with van der Waals surface area (Å²) >= 11 is 1.30. The first-order chi connectivity index (χ1) is 15.4. The van der Waals surface area contributed by atoms with Gasteiger partial charge in [-0.05, 0) is 62.0 Å². The normalized spacial score (nSPS) is 16.4. The Labute approximate surface area is 190 Å². The van der Waals surface area contributed by atoms with E-state index in [1.54, 1.807) is 37.4 Å². The quantitative estimate of drug-likeness (QED) is 0.369. The van der Waals surface area contributed by atoms with E-state index in [2.05, 4.69) is 4.99 Å². The molecule has 1 aliphatic heterocycles. The van der Waals surface area contributed by atoms with E-state index in [0.717, 1.165) is 11.3 Å². The summed E-state index contributed by atoms with van der Waals surface area (Å²) in [5, 5.41) is 0.607. The molecule has 0 aliphatic carbocycles. The molecule has 32 heavy (non-hydrogen) atoms. The Kier molecular flexibility index (Phi) is 6.28. The van der Waals surface area contributed by atoms with Gasteiger partial charge in [0.25, 0.3) is 5.91 Å². The molecule has 0 saturated carbocycles. The number of thioether (sulfide) groups is 1. The van der Waals surface area contributed by atoms with Gasteiger partial charge in [0, 0.05) is 18.7 Å². The number of hydrogen-bond acceptors (Lipinski definition) is 6. The van der Waals surface area contributed by atoms with Gasteiger partial charge in [-0.2, -0.15) is 0 Å². The first kappa shape index (κ1) is 21.6. The molecule has 7 heteroatoms. The number of benzene rings is 2. The lowest BCUT2D eigenvalue weighted by Gasteiger charge is -2.08. The number of nitrogens with zero attached hydrogens (tertiary/aromatic N) is 2. The molecule has 0 atom stereocenters. The van der Waals surface area contributed by atoms with Crippen LogP contribution in [0.5, 0.6) is 0 Å². The summed E-state index contributed by atoms with van der Waals surface area (Å²) in [5.74, 6) is 0.622. The van der Waals surface area contributed by atoms with E-state index in [1.165, 1.54) is 16.7 Å². The minimum absolute atomic E-state index is 0.138. The molecule has 3 aromatic rings. The lowest BCUT2D eigenvalue weighted by atomic mass is 10.1. The van der Waals surface area contributed by atoms with Gasteiger partial charge in [0.15, 0.2) is 5.17 Å². The third-order valence-corrected chi connectivity index (χ3v) is 5.67. The second-order valence-corrected chi connectivity index (χ2v) is 8.45. The standard InChI is InChI=1S/C25H22N2O4S/c1-16(2)30-24(29)18-9-7-8-17(14-18)21-13-12-20(31-21)15-22-23(28)27(3)25(32-22)26-19-10-5-4-6-11-19/h4-16H,1-3H3/b22-15+,26-25?. The molecule has 1 aromatic heterocycles. The molecular formula is C25H22N2O4S. The van der Waals surface area contributed by atoms with Crippen LogP contribution < -0.4 is 0 Å². The zero-order chi connectivity index (χ0) is 22.7. The molecule has 0 radical (unpaired) electrons. The summed E-state index contributed by atoms with van der Waals surface area (Å²) in [6, 6.07) is 20.2. The van der Waals surface area contributed by atoms with E-state index < -0.39 is 0 Å². The Balaban J connectivity index is 1.55. The van der Waals surface area contributed by atoms with Crippen LogP contribution in [-0.4, -0.2) is 35.1 Å². The Morgan fingerprint density at radius 2 is 1.88 bits per heavy atom. The zero-order valence-electron chi connectivity index (χ0n) is 17.9. The molecule has 1 fully saturated rings. The maximum Gasteiger partial charge on any atom is 0.338 e. The number of esters is 1. The fraction of sp³-hybridized carbons (Fsp3) is 0.160. The summed E-state index contributed by atoms with van der Waals surface area (Å²) < 4.78 is 11.2. The number of rotatable bonds is 5. The van der Waals surface area contributed by atoms with Crippen molar-refractivity contribution in [3.63, 3.8) is 0 Å². The van der Waals surface area contributed by atoms with Gasteiger partial charge in [0.05, 0.1) is 22.3 Å². The van der Waals surface area contributed by atoms with Gasteiger partial charge in [0.1, 0.15) is 11.5 Å². The highest BCUT2D eigenvalue weighted by atomic mass is 32.2. The van der Waals surface area contributed by atoms with Crippen molar-refractivity contribution in [3.8, 4) is 11.3 Å². The molecule has 2 heterocycles. The Morgan fingerprint density at radius 3 is 2.62 bits per heavy atom. The molecule has 1 aliphatic rings. The molecule has 1 amide bonds. The van der Waals surface area contributed by atoms with Gasteiger partial charge >= 0.3 is 5.97 Å². The second-order valence-electron chi connectivity index (χ2n) is 7.44. The van der Waals surface area contributed by atoms with Gasteiger partial charge in [-0.15, -0.1) is 0 Å². The van der Waals surface area contributed by atoms with Crippen molar-refractivity contribution in [3.05, 3.63) is 83.0 Å². The summed E-state index contributed by atoms with van der Waals surface area (Å²) in [6.45, 7) is 3.62. The molecule has 4 rings (SSSR count). The molecule has 162 valence electrons. The number of carbonyl (C=O) groups excluding carboxylic acids is 2. The molecule has 1 saturated heterocycles. The Bertz CT molecular complexity index is 1210. The van der Waals surface area contributed by atoms with Crippen molar-refractivity contribution in [2.45, 2.75) is 20.0 Å². The highest BCUT2D eigenvalue weighted by Crippen LogP contribution is 2.34. The average molecular weight is 447 g/mol. The number of likely N-dealkylation sites (N-methyl/N-ethyl adjacent to an activating group) is 1. The number of hydrogen-bond donors (Lipinski definition) is 0. The van der Waals surface area contributed by atoms with Crippen LogP contribution >= 0.6 is 11.8 Å². The van der Waals surface area contributed by atoms with Crippen molar-refractivity contribution in [1.82, 2.24) is 4.90 Å². The molecule has 0 unspecified atom stereocenters. The predicted molar refractivity (Wildman–Crippen MR) is 127 cm³/mol. The van der Waals surface area contributed by atoms with E-state index >= 15 is 0 Å². The molecular weight excluding hydrogens is 424 g/mol. The maximum atomic E-state index is 12.7. The monoisotopic (exact) mass is 446 g/mol. The predicted octanol–water partition coefficient (Wildman–Crippen LogP) is 5.75. The molecule has 0 spiro atoms. The first-order valence-corrected chi connectivity index (χ1v) is 10.9. The van der Waals surface area contributed by atoms with Crippen LogP contribution in [0.4, 0.5) is 5.69 Å². The summed E-state index contributed by atoms with van der Waals surface area (Å²) in [4.78, 5) is 31.4. The summed E-state index contributed by atoms with van der Waals surface area (Å²) in [6.07, 6.45) is 1.51. The number of furan rings is 1. The topological polar surface area (TPSA) is 72.1 Å². The fourth-order valence-electron chi connectivity index (χ4n) is 3.06. The number of carbonyl (C=O) groups is 2. The van der Waals surface area contributed by atoms with Crippen molar-refractivity contribution >= 4 is 40.6 Å².